The van der Waals surface area contributed by atoms with Crippen molar-refractivity contribution in [3.8, 4) is 11.5 Å². The van der Waals surface area contributed by atoms with Gasteiger partial charge in [0, 0.05) is 23.6 Å². The fourth-order valence-corrected chi connectivity index (χ4v) is 2.44. The van der Waals surface area contributed by atoms with Crippen LogP contribution in [0.1, 0.15) is 33.6 Å². The fourth-order valence-electron chi connectivity index (χ4n) is 2.27. The number of anilines is 1. The van der Waals surface area contributed by atoms with Crippen LogP contribution in [0.5, 0.6) is 11.5 Å². The summed E-state index contributed by atoms with van der Waals surface area (Å²) in [5, 5.41) is 21.3. The van der Waals surface area contributed by atoms with Crippen molar-refractivity contribution >= 4 is 34.9 Å². The van der Waals surface area contributed by atoms with Gasteiger partial charge in [0.1, 0.15) is 17.1 Å². The molecule has 2 rings (SSSR count). The molecule has 0 fully saturated rings. The van der Waals surface area contributed by atoms with Crippen molar-refractivity contribution in [3.63, 3.8) is 0 Å². The van der Waals surface area contributed by atoms with E-state index in [1.54, 1.807) is 12.1 Å². The Labute approximate surface area is 154 Å². The molecular formula is C18H16ClNO6. The van der Waals surface area contributed by atoms with Gasteiger partial charge >= 0.3 is 5.97 Å². The van der Waals surface area contributed by atoms with Crippen LogP contribution in [-0.2, 0) is 4.79 Å². The number of aromatic carboxylic acids is 1. The molecule has 136 valence electrons. The Morgan fingerprint density at radius 3 is 2.46 bits per heavy atom. The Balaban J connectivity index is 2.01. The Morgan fingerprint density at radius 2 is 1.81 bits per heavy atom. The van der Waals surface area contributed by atoms with Gasteiger partial charge in [-0.25, -0.2) is 4.79 Å². The van der Waals surface area contributed by atoms with Crippen LogP contribution >= 0.6 is 11.6 Å². The van der Waals surface area contributed by atoms with Crippen LogP contribution in [-0.4, -0.2) is 35.0 Å². The highest BCUT2D eigenvalue weighted by Crippen LogP contribution is 2.25. The molecule has 0 radical (unpaired) electrons. The zero-order valence-electron chi connectivity index (χ0n) is 13.8. The number of Topliss-reactive ketones (excluding diaryl/α,β-unsaturated/α-hetero) is 1. The number of nitrogens with one attached hydrogen (secondary N) is 1. The number of aromatic hydroxyl groups is 1. The minimum atomic E-state index is -1.32. The third-order valence-corrected chi connectivity index (χ3v) is 3.79. The van der Waals surface area contributed by atoms with Crippen LogP contribution in [0.15, 0.2) is 36.4 Å². The number of ether oxygens (including phenoxy) is 1. The van der Waals surface area contributed by atoms with Crippen molar-refractivity contribution in [1.82, 2.24) is 0 Å². The SMILES string of the molecule is COc1ccc(Cl)cc1C(=O)CCC(=O)Nc1ccc(O)c(C(=O)O)c1. The van der Waals surface area contributed by atoms with Gasteiger partial charge in [0.25, 0.3) is 0 Å². The van der Waals surface area contributed by atoms with E-state index >= 15 is 0 Å². The molecule has 8 heteroatoms. The minimum absolute atomic E-state index is 0.0770. The lowest BCUT2D eigenvalue weighted by Crippen LogP contribution is -2.14. The molecule has 0 bridgehead atoms. The first-order valence-corrected chi connectivity index (χ1v) is 7.92. The van der Waals surface area contributed by atoms with Gasteiger partial charge in [-0.3, -0.25) is 9.59 Å². The molecule has 1 amide bonds. The van der Waals surface area contributed by atoms with E-state index in [-0.39, 0.29) is 35.4 Å². The van der Waals surface area contributed by atoms with E-state index in [9.17, 15) is 19.5 Å². The summed E-state index contributed by atoms with van der Waals surface area (Å²) in [6.45, 7) is 0. The van der Waals surface area contributed by atoms with E-state index < -0.39 is 17.6 Å². The van der Waals surface area contributed by atoms with E-state index in [1.807, 2.05) is 0 Å². The lowest BCUT2D eigenvalue weighted by Gasteiger charge is -2.09. The van der Waals surface area contributed by atoms with E-state index in [0.29, 0.717) is 10.8 Å². The number of hydrogen-bond acceptors (Lipinski definition) is 5. The molecule has 0 heterocycles. The Kier molecular flexibility index (Phi) is 6.19. The summed E-state index contributed by atoms with van der Waals surface area (Å²) in [5.74, 6) is -2.14. The molecule has 0 saturated carbocycles. The van der Waals surface area contributed by atoms with Gasteiger partial charge in [0.2, 0.25) is 5.91 Å². The number of benzene rings is 2. The first-order chi connectivity index (χ1) is 12.3. The Bertz CT molecular complexity index is 865. The summed E-state index contributed by atoms with van der Waals surface area (Å²) in [4.78, 5) is 35.3. The predicted octanol–water partition coefficient (Wildman–Crippen LogP) is 3.35. The lowest BCUT2D eigenvalue weighted by molar-refractivity contribution is -0.116. The minimum Gasteiger partial charge on any atom is -0.507 e. The highest BCUT2D eigenvalue weighted by molar-refractivity contribution is 6.31. The van der Waals surface area contributed by atoms with E-state index in [1.165, 1.54) is 25.3 Å². The molecule has 0 aliphatic carbocycles. The number of carbonyl (C=O) groups is 3. The van der Waals surface area contributed by atoms with Gasteiger partial charge in [0.15, 0.2) is 5.78 Å². The fraction of sp³-hybridized carbons (Fsp3) is 0.167. The van der Waals surface area contributed by atoms with Crippen molar-refractivity contribution < 1.29 is 29.3 Å². The largest absolute Gasteiger partial charge is 0.507 e. The van der Waals surface area contributed by atoms with Crippen molar-refractivity contribution in [2.45, 2.75) is 12.8 Å². The zero-order chi connectivity index (χ0) is 19.3. The number of carboxylic acids is 1. The summed E-state index contributed by atoms with van der Waals surface area (Å²) in [5.41, 5.74) is 0.158. The summed E-state index contributed by atoms with van der Waals surface area (Å²) in [6.07, 6.45) is -0.190. The molecule has 0 unspecified atom stereocenters. The number of amides is 1. The first kappa shape index (κ1) is 19.3. The number of rotatable bonds is 7. The van der Waals surface area contributed by atoms with E-state index in [2.05, 4.69) is 5.32 Å². The summed E-state index contributed by atoms with van der Waals surface area (Å²) < 4.78 is 5.11. The Hall–Kier alpha value is -3.06. The second-order valence-electron chi connectivity index (χ2n) is 5.35. The van der Waals surface area contributed by atoms with Crippen LogP contribution in [0.25, 0.3) is 0 Å². The number of hydrogen-bond donors (Lipinski definition) is 3. The second-order valence-corrected chi connectivity index (χ2v) is 5.79. The molecule has 0 aliphatic heterocycles. The van der Waals surface area contributed by atoms with Crippen LogP contribution in [0, 0.1) is 0 Å². The normalized spacial score (nSPS) is 10.2. The number of carboxylic acid groups (broad SMARTS) is 1. The molecule has 0 saturated heterocycles. The number of ketones is 1. The maximum atomic E-state index is 12.3. The molecule has 2 aromatic rings. The van der Waals surface area contributed by atoms with Gasteiger partial charge in [-0.15, -0.1) is 0 Å². The molecule has 0 aromatic heterocycles. The molecule has 0 aliphatic rings. The van der Waals surface area contributed by atoms with Crippen molar-refractivity contribution in [3.05, 3.63) is 52.5 Å². The number of phenols is 1. The van der Waals surface area contributed by atoms with Crippen molar-refractivity contribution in [2.24, 2.45) is 0 Å². The van der Waals surface area contributed by atoms with E-state index in [0.717, 1.165) is 6.07 Å². The van der Waals surface area contributed by atoms with Gasteiger partial charge in [-0.1, -0.05) is 11.6 Å². The van der Waals surface area contributed by atoms with Gasteiger partial charge < -0.3 is 20.3 Å². The van der Waals surface area contributed by atoms with Gasteiger partial charge in [-0.05, 0) is 36.4 Å². The standard InChI is InChI=1S/C18H16ClNO6/c1-26-16-6-2-10(19)8-12(16)14(21)5-7-17(23)20-11-3-4-15(22)13(9-11)18(24)25/h2-4,6,8-9,22H,5,7H2,1H3,(H,20,23)(H,24,25). The van der Waals surface area contributed by atoms with Crippen molar-refractivity contribution in [2.75, 3.05) is 12.4 Å². The highest BCUT2D eigenvalue weighted by atomic mass is 35.5. The third-order valence-electron chi connectivity index (χ3n) is 3.55. The van der Waals surface area contributed by atoms with Crippen LogP contribution in [0.2, 0.25) is 5.02 Å². The molecule has 26 heavy (non-hydrogen) atoms. The molecule has 7 nitrogen and oxygen atoms in total. The number of halogens is 1. The third kappa shape index (κ3) is 4.73. The molecule has 2 aromatic carbocycles. The average Bonchev–Trinajstić information content (AvgIpc) is 2.61. The molecule has 3 N–H and O–H groups in total. The Morgan fingerprint density at radius 1 is 1.08 bits per heavy atom. The van der Waals surface area contributed by atoms with Crippen LogP contribution < -0.4 is 10.1 Å². The smallest absolute Gasteiger partial charge is 0.339 e. The number of methoxy groups -OCH3 is 1. The van der Waals surface area contributed by atoms with Crippen LogP contribution in [0.3, 0.4) is 0 Å². The maximum absolute atomic E-state index is 12.3. The van der Waals surface area contributed by atoms with Crippen LogP contribution in [0.4, 0.5) is 5.69 Å². The molecule has 0 atom stereocenters. The predicted molar refractivity (Wildman–Crippen MR) is 95.3 cm³/mol. The zero-order valence-corrected chi connectivity index (χ0v) is 14.5. The summed E-state index contributed by atoms with van der Waals surface area (Å²) in [7, 11) is 1.43. The van der Waals surface area contributed by atoms with Crippen molar-refractivity contribution in [1.29, 1.82) is 0 Å². The maximum Gasteiger partial charge on any atom is 0.339 e. The monoisotopic (exact) mass is 377 g/mol. The molecule has 0 spiro atoms. The van der Waals surface area contributed by atoms with Gasteiger partial charge in [0.05, 0.1) is 12.7 Å². The van der Waals surface area contributed by atoms with E-state index in [4.69, 9.17) is 21.4 Å². The summed E-state index contributed by atoms with van der Waals surface area (Å²) in [6, 6.07) is 8.30. The topological polar surface area (TPSA) is 113 Å². The van der Waals surface area contributed by atoms with Gasteiger partial charge in [-0.2, -0.15) is 0 Å². The molecular weight excluding hydrogens is 362 g/mol. The second kappa shape index (κ2) is 8.35. The lowest BCUT2D eigenvalue weighted by atomic mass is 10.1. The quantitative estimate of drug-likeness (QED) is 0.503. The first-order valence-electron chi connectivity index (χ1n) is 7.54. The number of carbonyl (C=O) groups excluding carboxylic acids is 2. The average molecular weight is 378 g/mol. The summed E-state index contributed by atoms with van der Waals surface area (Å²) >= 11 is 5.89. The highest BCUT2D eigenvalue weighted by Gasteiger charge is 2.16.